The number of aliphatic carboxylic acids is 1. The second-order valence-electron chi connectivity index (χ2n) is 5.60. The first-order valence-electron chi connectivity index (χ1n) is 7.43. The third-order valence-corrected chi connectivity index (χ3v) is 7.65. The van der Waals surface area contributed by atoms with Crippen LogP contribution in [0, 0.1) is 6.92 Å². The van der Waals surface area contributed by atoms with Crippen molar-refractivity contribution in [1.29, 1.82) is 0 Å². The Kier molecular flexibility index (Phi) is 5.84. The normalized spacial score (nSPS) is 16.9. The molecule has 25 heavy (non-hydrogen) atoms. The summed E-state index contributed by atoms with van der Waals surface area (Å²) in [4.78, 5) is 10.4. The summed E-state index contributed by atoms with van der Waals surface area (Å²) in [6.07, 6.45) is 0. The molecule has 140 valence electrons. The Morgan fingerprint density at radius 2 is 1.84 bits per heavy atom. The number of carboxylic acids is 1. The lowest BCUT2D eigenvalue weighted by Crippen LogP contribution is -2.41. The summed E-state index contributed by atoms with van der Waals surface area (Å²) in [6.45, 7) is 1.79. The zero-order valence-corrected chi connectivity index (χ0v) is 15.5. The van der Waals surface area contributed by atoms with E-state index in [4.69, 9.17) is 9.84 Å². The molecule has 0 bridgehead atoms. The van der Waals surface area contributed by atoms with Gasteiger partial charge >= 0.3 is 5.97 Å². The van der Waals surface area contributed by atoms with E-state index in [0.717, 1.165) is 13.1 Å². The van der Waals surface area contributed by atoms with Gasteiger partial charge in [-0.25, -0.2) is 16.8 Å². The van der Waals surface area contributed by atoms with Gasteiger partial charge in [-0.05, 0) is 24.6 Å². The molecule has 0 unspecified atom stereocenters. The standard InChI is InChI=1S/C14H20N2O7S2/c1-11-3-4-12(24(19,20)15(2)10-14(17)18)9-13(11)25(21,22)16-5-7-23-8-6-16/h3-4,9H,5-8,10H2,1-2H3,(H,17,18). The molecule has 1 aliphatic heterocycles. The van der Waals surface area contributed by atoms with Crippen LogP contribution in [0.5, 0.6) is 0 Å². The summed E-state index contributed by atoms with van der Waals surface area (Å²) < 4.78 is 57.6. The first kappa shape index (κ1) is 19.8. The van der Waals surface area contributed by atoms with Gasteiger partial charge < -0.3 is 9.84 Å². The highest BCUT2D eigenvalue weighted by Gasteiger charge is 2.30. The van der Waals surface area contributed by atoms with Crippen LogP contribution < -0.4 is 0 Å². The van der Waals surface area contributed by atoms with Crippen molar-refractivity contribution in [1.82, 2.24) is 8.61 Å². The van der Waals surface area contributed by atoms with Gasteiger partial charge in [-0.15, -0.1) is 0 Å². The average molecular weight is 392 g/mol. The van der Waals surface area contributed by atoms with E-state index in [2.05, 4.69) is 0 Å². The topological polar surface area (TPSA) is 121 Å². The molecule has 1 fully saturated rings. The summed E-state index contributed by atoms with van der Waals surface area (Å²) in [7, 11) is -6.87. The number of likely N-dealkylation sites (N-methyl/N-ethyl adjacent to an activating group) is 1. The molecule has 0 aromatic heterocycles. The second kappa shape index (κ2) is 7.38. The minimum atomic E-state index is -4.12. The van der Waals surface area contributed by atoms with Gasteiger partial charge in [0.05, 0.1) is 23.0 Å². The molecule has 1 N–H and O–H groups in total. The third-order valence-electron chi connectivity index (χ3n) is 3.81. The Bertz CT molecular complexity index is 859. The summed E-state index contributed by atoms with van der Waals surface area (Å²) in [5.41, 5.74) is 0.409. The van der Waals surface area contributed by atoms with E-state index in [1.54, 1.807) is 6.92 Å². The highest BCUT2D eigenvalue weighted by atomic mass is 32.2. The molecular weight excluding hydrogens is 372 g/mol. The fourth-order valence-electron chi connectivity index (χ4n) is 2.40. The number of aryl methyl sites for hydroxylation is 1. The molecule has 0 spiro atoms. The molecule has 0 amide bonds. The SMILES string of the molecule is Cc1ccc(S(=O)(=O)N(C)CC(=O)O)cc1S(=O)(=O)N1CCOCC1. The highest BCUT2D eigenvalue weighted by molar-refractivity contribution is 7.90. The van der Waals surface area contributed by atoms with Crippen LogP contribution in [-0.2, 0) is 29.6 Å². The molecule has 1 aliphatic rings. The number of carbonyl (C=O) groups is 1. The number of carboxylic acid groups (broad SMARTS) is 1. The van der Waals surface area contributed by atoms with E-state index in [0.29, 0.717) is 9.87 Å². The smallest absolute Gasteiger partial charge is 0.318 e. The predicted molar refractivity (Wildman–Crippen MR) is 88.2 cm³/mol. The van der Waals surface area contributed by atoms with Gasteiger partial charge in [-0.1, -0.05) is 6.07 Å². The van der Waals surface area contributed by atoms with Gasteiger partial charge in [0, 0.05) is 20.1 Å². The number of hydrogen-bond acceptors (Lipinski definition) is 6. The Balaban J connectivity index is 2.45. The summed E-state index contributed by atoms with van der Waals surface area (Å²) in [6, 6.07) is 3.74. The maximum Gasteiger partial charge on any atom is 0.318 e. The Labute approximate surface area is 146 Å². The van der Waals surface area contributed by atoms with Gasteiger partial charge in [0.15, 0.2) is 0 Å². The molecule has 1 saturated heterocycles. The van der Waals surface area contributed by atoms with E-state index in [-0.39, 0.29) is 36.1 Å². The third kappa shape index (κ3) is 4.18. The van der Waals surface area contributed by atoms with Gasteiger partial charge in [0.1, 0.15) is 6.54 Å². The zero-order chi connectivity index (χ0) is 18.8. The molecular formula is C14H20N2O7S2. The van der Waals surface area contributed by atoms with Crippen molar-refractivity contribution in [2.75, 3.05) is 39.9 Å². The summed E-state index contributed by atoms with van der Waals surface area (Å²) >= 11 is 0. The zero-order valence-electron chi connectivity index (χ0n) is 13.9. The molecule has 0 aliphatic carbocycles. The molecule has 9 nitrogen and oxygen atoms in total. The Morgan fingerprint density at radius 3 is 2.40 bits per heavy atom. The second-order valence-corrected chi connectivity index (χ2v) is 9.55. The summed E-state index contributed by atoms with van der Waals surface area (Å²) in [5, 5.41) is 8.77. The fraction of sp³-hybridized carbons (Fsp3) is 0.500. The molecule has 0 radical (unpaired) electrons. The van der Waals surface area contributed by atoms with Crippen LogP contribution in [0.4, 0.5) is 0 Å². The van der Waals surface area contributed by atoms with Crippen molar-refractivity contribution in [3.05, 3.63) is 23.8 Å². The molecule has 1 aromatic rings. The van der Waals surface area contributed by atoms with Gasteiger partial charge in [0.25, 0.3) is 0 Å². The number of rotatable bonds is 6. The number of sulfonamides is 2. The molecule has 0 atom stereocenters. The number of hydrogen-bond donors (Lipinski definition) is 1. The summed E-state index contributed by atoms with van der Waals surface area (Å²) in [5.74, 6) is -1.31. The lowest BCUT2D eigenvalue weighted by molar-refractivity contribution is -0.137. The van der Waals surface area contributed by atoms with E-state index >= 15 is 0 Å². The number of morpholine rings is 1. The molecule has 11 heteroatoms. The van der Waals surface area contributed by atoms with Crippen LogP contribution in [0.1, 0.15) is 5.56 Å². The molecule has 2 rings (SSSR count). The van der Waals surface area contributed by atoms with E-state index < -0.39 is 32.6 Å². The highest BCUT2D eigenvalue weighted by Crippen LogP contribution is 2.25. The van der Waals surface area contributed by atoms with E-state index in [1.807, 2.05) is 0 Å². The number of nitrogens with zero attached hydrogens (tertiary/aromatic N) is 2. The molecule has 1 aromatic carbocycles. The number of ether oxygens (including phenoxy) is 1. The van der Waals surface area contributed by atoms with Crippen LogP contribution in [0.2, 0.25) is 0 Å². The van der Waals surface area contributed by atoms with Gasteiger partial charge in [-0.2, -0.15) is 8.61 Å². The minimum Gasteiger partial charge on any atom is -0.480 e. The average Bonchev–Trinajstić information content (AvgIpc) is 2.55. The van der Waals surface area contributed by atoms with Gasteiger partial charge in [-0.3, -0.25) is 4.79 Å². The van der Waals surface area contributed by atoms with Crippen molar-refractivity contribution in [2.24, 2.45) is 0 Å². The monoisotopic (exact) mass is 392 g/mol. The van der Waals surface area contributed by atoms with Crippen molar-refractivity contribution >= 4 is 26.0 Å². The van der Waals surface area contributed by atoms with Gasteiger partial charge in [0.2, 0.25) is 20.0 Å². The Hall–Kier alpha value is -1.53. The molecule has 0 saturated carbocycles. The van der Waals surface area contributed by atoms with Crippen LogP contribution in [0.3, 0.4) is 0 Å². The van der Waals surface area contributed by atoms with Crippen molar-refractivity contribution in [3.8, 4) is 0 Å². The maximum absolute atomic E-state index is 12.8. The lowest BCUT2D eigenvalue weighted by Gasteiger charge is -2.27. The van der Waals surface area contributed by atoms with Crippen LogP contribution in [0.15, 0.2) is 28.0 Å². The lowest BCUT2D eigenvalue weighted by atomic mass is 10.2. The van der Waals surface area contributed by atoms with Crippen LogP contribution in [-0.4, -0.2) is 76.4 Å². The number of benzene rings is 1. The first-order chi connectivity index (χ1) is 11.6. The van der Waals surface area contributed by atoms with Crippen molar-refractivity contribution < 1.29 is 31.5 Å². The Morgan fingerprint density at radius 1 is 1.24 bits per heavy atom. The van der Waals surface area contributed by atoms with E-state index in [9.17, 15) is 21.6 Å². The maximum atomic E-state index is 12.8. The predicted octanol–water partition coefficient (Wildman–Crippen LogP) is -0.279. The van der Waals surface area contributed by atoms with E-state index in [1.165, 1.54) is 16.4 Å². The molecule has 1 heterocycles. The van der Waals surface area contributed by atoms with Crippen molar-refractivity contribution in [3.63, 3.8) is 0 Å². The largest absolute Gasteiger partial charge is 0.480 e. The fourth-order valence-corrected chi connectivity index (χ4v) is 5.28. The minimum absolute atomic E-state index is 0.112. The van der Waals surface area contributed by atoms with Crippen molar-refractivity contribution in [2.45, 2.75) is 16.7 Å². The van der Waals surface area contributed by atoms with Crippen LogP contribution >= 0.6 is 0 Å². The van der Waals surface area contributed by atoms with Crippen LogP contribution in [0.25, 0.3) is 0 Å². The quantitative estimate of drug-likeness (QED) is 0.707. The first-order valence-corrected chi connectivity index (χ1v) is 10.3.